The van der Waals surface area contributed by atoms with Crippen molar-refractivity contribution in [2.24, 2.45) is 0 Å². The van der Waals surface area contributed by atoms with E-state index in [1.807, 2.05) is 24.4 Å². The minimum atomic E-state index is -0.352. The number of rotatable bonds is 2. The van der Waals surface area contributed by atoms with Gasteiger partial charge in [-0.15, -0.1) is 0 Å². The molecule has 3 rings (SSSR count). The summed E-state index contributed by atoms with van der Waals surface area (Å²) in [6, 6.07) is 14.1. The van der Waals surface area contributed by atoms with Crippen molar-refractivity contribution in [2.75, 3.05) is 0 Å². The molecule has 0 amide bonds. The molecule has 21 heavy (non-hydrogen) atoms. The average Bonchev–Trinajstić information content (AvgIpc) is 2.87. The molecule has 2 aromatic carbocycles. The number of halogens is 2. The maximum Gasteiger partial charge on any atom is 0.123 e. The molecule has 0 bridgehead atoms. The first-order valence-electron chi connectivity index (χ1n) is 6.32. The second-order valence-electron chi connectivity index (χ2n) is 4.61. The van der Waals surface area contributed by atoms with Crippen LogP contribution in [-0.2, 0) is 0 Å². The van der Waals surface area contributed by atoms with Crippen LogP contribution in [0.15, 0.2) is 53.1 Å². The average molecular weight is 341 g/mol. The lowest BCUT2D eigenvalue weighted by Crippen LogP contribution is -1.83. The fourth-order valence-corrected chi connectivity index (χ4v) is 2.59. The van der Waals surface area contributed by atoms with Gasteiger partial charge in [-0.1, -0.05) is 28.1 Å². The molecule has 1 aromatic heterocycles. The lowest BCUT2D eigenvalue weighted by atomic mass is 10.0. The summed E-state index contributed by atoms with van der Waals surface area (Å²) in [5, 5.41) is 10.3. The molecule has 0 unspecified atom stereocenters. The number of aromatic nitrogens is 1. The Morgan fingerprint density at radius 1 is 1.24 bits per heavy atom. The molecule has 2 nitrogen and oxygen atoms in total. The van der Waals surface area contributed by atoms with E-state index in [1.54, 1.807) is 18.2 Å². The highest BCUT2D eigenvalue weighted by Gasteiger charge is 2.06. The summed E-state index contributed by atoms with van der Waals surface area (Å²) >= 11 is 3.44. The van der Waals surface area contributed by atoms with E-state index >= 15 is 0 Å². The highest BCUT2D eigenvalue weighted by atomic mass is 79.9. The molecule has 0 saturated heterocycles. The Kier molecular flexibility index (Phi) is 3.59. The van der Waals surface area contributed by atoms with Crippen LogP contribution < -0.4 is 0 Å². The molecule has 0 spiro atoms. The van der Waals surface area contributed by atoms with Gasteiger partial charge < -0.3 is 4.98 Å². The molecule has 4 heteroatoms. The Morgan fingerprint density at radius 3 is 2.86 bits per heavy atom. The van der Waals surface area contributed by atoms with Gasteiger partial charge in [0.15, 0.2) is 0 Å². The molecule has 0 aliphatic heterocycles. The number of hydrogen-bond acceptors (Lipinski definition) is 1. The first-order valence-corrected chi connectivity index (χ1v) is 7.11. The van der Waals surface area contributed by atoms with Gasteiger partial charge in [0.2, 0.25) is 0 Å². The van der Waals surface area contributed by atoms with Crippen LogP contribution in [0, 0.1) is 17.1 Å². The molecule has 0 aliphatic rings. The number of hydrogen-bond donors (Lipinski definition) is 1. The van der Waals surface area contributed by atoms with Gasteiger partial charge in [-0.25, -0.2) is 4.39 Å². The maximum atomic E-state index is 13.3. The number of nitrogens with zero attached hydrogens (tertiary/aromatic N) is 1. The third-order valence-electron chi connectivity index (χ3n) is 3.23. The zero-order valence-electron chi connectivity index (χ0n) is 10.9. The van der Waals surface area contributed by atoms with Crippen LogP contribution in [0.1, 0.15) is 11.1 Å². The lowest BCUT2D eigenvalue weighted by molar-refractivity contribution is 0.627. The normalized spacial score (nSPS) is 11.6. The molecule has 0 radical (unpaired) electrons. The molecular weight excluding hydrogens is 331 g/mol. The van der Waals surface area contributed by atoms with Crippen LogP contribution in [-0.4, -0.2) is 4.98 Å². The van der Waals surface area contributed by atoms with Gasteiger partial charge in [0.1, 0.15) is 5.82 Å². The van der Waals surface area contributed by atoms with Gasteiger partial charge in [-0.05, 0) is 42.0 Å². The van der Waals surface area contributed by atoms with E-state index in [0.717, 1.165) is 20.9 Å². The van der Waals surface area contributed by atoms with E-state index in [9.17, 15) is 9.65 Å². The Hall–Kier alpha value is -2.38. The minimum absolute atomic E-state index is 0.352. The molecule has 0 saturated carbocycles. The summed E-state index contributed by atoms with van der Waals surface area (Å²) in [4.78, 5) is 3.16. The van der Waals surface area contributed by atoms with Crippen molar-refractivity contribution < 1.29 is 4.39 Å². The smallest absolute Gasteiger partial charge is 0.123 e. The summed E-state index contributed by atoms with van der Waals surface area (Å²) in [7, 11) is 0. The van der Waals surface area contributed by atoms with Crippen molar-refractivity contribution in [3.63, 3.8) is 0 Å². The van der Waals surface area contributed by atoms with Gasteiger partial charge in [-0.2, -0.15) is 5.26 Å². The van der Waals surface area contributed by atoms with Gasteiger partial charge in [0.25, 0.3) is 0 Å². The van der Waals surface area contributed by atoms with Crippen molar-refractivity contribution in [3.05, 3.63) is 70.1 Å². The molecule has 3 aromatic rings. The summed E-state index contributed by atoms with van der Waals surface area (Å²) in [6.45, 7) is 0. The van der Waals surface area contributed by atoms with E-state index in [-0.39, 0.29) is 5.82 Å². The Bertz CT molecular complexity index is 887. The first kappa shape index (κ1) is 13.6. The Labute approximate surface area is 129 Å². The number of benzene rings is 2. The third kappa shape index (κ3) is 2.74. The summed E-state index contributed by atoms with van der Waals surface area (Å²) in [6.07, 6.45) is 3.60. The maximum absolute atomic E-state index is 13.3. The number of fused-ring (bicyclic) bond motifs is 1. The largest absolute Gasteiger partial charge is 0.361 e. The number of aromatic amines is 1. The zero-order chi connectivity index (χ0) is 14.8. The number of nitrogens with one attached hydrogen (secondary N) is 1. The first-order chi connectivity index (χ1) is 10.2. The van der Waals surface area contributed by atoms with E-state index in [0.29, 0.717) is 11.1 Å². The van der Waals surface area contributed by atoms with Crippen LogP contribution >= 0.6 is 15.9 Å². The van der Waals surface area contributed by atoms with Crippen molar-refractivity contribution in [1.82, 2.24) is 4.98 Å². The van der Waals surface area contributed by atoms with Gasteiger partial charge in [0, 0.05) is 27.1 Å². The zero-order valence-corrected chi connectivity index (χ0v) is 12.5. The number of allylic oxidation sites excluding steroid dienone is 1. The topological polar surface area (TPSA) is 39.6 Å². The fraction of sp³-hybridized carbons (Fsp3) is 0. The van der Waals surface area contributed by atoms with Gasteiger partial charge >= 0.3 is 0 Å². The van der Waals surface area contributed by atoms with Crippen LogP contribution in [0.2, 0.25) is 0 Å². The minimum Gasteiger partial charge on any atom is -0.361 e. The highest BCUT2D eigenvalue weighted by Crippen LogP contribution is 2.26. The lowest BCUT2D eigenvalue weighted by Gasteiger charge is -2.00. The van der Waals surface area contributed by atoms with Crippen LogP contribution in [0.3, 0.4) is 0 Å². The molecule has 102 valence electrons. The second-order valence-corrected chi connectivity index (χ2v) is 5.53. The van der Waals surface area contributed by atoms with Gasteiger partial charge in [0.05, 0.1) is 11.6 Å². The van der Waals surface area contributed by atoms with E-state index in [2.05, 4.69) is 27.0 Å². The van der Waals surface area contributed by atoms with Crippen molar-refractivity contribution in [3.8, 4) is 6.07 Å². The van der Waals surface area contributed by atoms with E-state index < -0.39 is 0 Å². The molecule has 0 fully saturated rings. The van der Waals surface area contributed by atoms with Crippen molar-refractivity contribution in [2.45, 2.75) is 0 Å². The SMILES string of the molecule is N#C/C(=C/c1c[nH]c2ccc(Br)cc12)c1cccc(F)c1. The van der Waals surface area contributed by atoms with Crippen LogP contribution in [0.4, 0.5) is 4.39 Å². The van der Waals surface area contributed by atoms with Crippen LogP contribution in [0.5, 0.6) is 0 Å². The monoisotopic (exact) mass is 340 g/mol. The van der Waals surface area contributed by atoms with Crippen LogP contribution in [0.25, 0.3) is 22.6 Å². The van der Waals surface area contributed by atoms with E-state index in [4.69, 9.17) is 0 Å². The standard InChI is InChI=1S/C17H10BrFN2/c18-14-4-5-17-16(8-14)13(10-21-17)6-12(9-20)11-2-1-3-15(19)7-11/h1-8,10,21H/b12-6-. The van der Waals surface area contributed by atoms with Gasteiger partial charge in [-0.3, -0.25) is 0 Å². The number of nitriles is 1. The fourth-order valence-electron chi connectivity index (χ4n) is 2.23. The second kappa shape index (κ2) is 5.55. The molecule has 1 heterocycles. The third-order valence-corrected chi connectivity index (χ3v) is 3.72. The molecular formula is C17H10BrFN2. The molecule has 0 atom stereocenters. The summed E-state index contributed by atoms with van der Waals surface area (Å²) in [5.74, 6) is -0.352. The molecule has 0 aliphatic carbocycles. The predicted molar refractivity (Wildman–Crippen MR) is 85.9 cm³/mol. The van der Waals surface area contributed by atoms with Crippen molar-refractivity contribution >= 4 is 38.5 Å². The predicted octanol–water partition coefficient (Wildman–Crippen LogP) is 5.13. The Morgan fingerprint density at radius 2 is 2.10 bits per heavy atom. The summed E-state index contributed by atoms with van der Waals surface area (Å²) in [5.41, 5.74) is 2.88. The number of H-pyrrole nitrogens is 1. The summed E-state index contributed by atoms with van der Waals surface area (Å²) < 4.78 is 14.3. The Balaban J connectivity index is 2.13. The quantitative estimate of drug-likeness (QED) is 0.645. The van der Waals surface area contributed by atoms with E-state index in [1.165, 1.54) is 12.1 Å². The molecule has 1 N–H and O–H groups in total. The van der Waals surface area contributed by atoms with Crippen molar-refractivity contribution in [1.29, 1.82) is 5.26 Å². The highest BCUT2D eigenvalue weighted by molar-refractivity contribution is 9.10.